The molecule has 2 unspecified atom stereocenters. The lowest BCUT2D eigenvalue weighted by Crippen LogP contribution is -2.47. The van der Waals surface area contributed by atoms with Gasteiger partial charge in [0.1, 0.15) is 5.54 Å². The number of alkyl halides is 3. The Morgan fingerprint density at radius 2 is 2.06 bits per heavy atom. The van der Waals surface area contributed by atoms with Crippen LogP contribution in [-0.2, 0) is 11.2 Å². The Bertz CT molecular complexity index is 999. The fraction of sp³-hybridized carbons (Fsp3) is 0.524. The molecule has 0 aromatic carbocycles. The van der Waals surface area contributed by atoms with Crippen molar-refractivity contribution in [3.63, 3.8) is 0 Å². The average Bonchev–Trinajstić information content (AvgIpc) is 3.30. The molecule has 2 aromatic rings. The van der Waals surface area contributed by atoms with Gasteiger partial charge in [-0.15, -0.1) is 5.10 Å². The Hall–Kier alpha value is -2.75. The Balaban J connectivity index is 2.04. The number of esters is 1. The smallest absolute Gasteiger partial charge is 0.394 e. The summed E-state index contributed by atoms with van der Waals surface area (Å²) in [7, 11) is 0. The Morgan fingerprint density at radius 3 is 2.61 bits per heavy atom. The zero-order valence-electron chi connectivity index (χ0n) is 17.6. The summed E-state index contributed by atoms with van der Waals surface area (Å²) in [6, 6.07) is 5.11. The molecule has 10 heteroatoms. The van der Waals surface area contributed by atoms with Gasteiger partial charge >= 0.3 is 12.1 Å². The van der Waals surface area contributed by atoms with E-state index >= 15 is 0 Å². The van der Waals surface area contributed by atoms with Crippen molar-refractivity contribution in [2.45, 2.75) is 51.2 Å². The first kappa shape index (κ1) is 22.9. The second-order valence-corrected chi connectivity index (χ2v) is 7.86. The van der Waals surface area contributed by atoms with Crippen molar-refractivity contribution < 1.29 is 27.8 Å². The van der Waals surface area contributed by atoms with E-state index in [-0.39, 0.29) is 18.9 Å². The number of halogens is 3. The molecule has 1 aliphatic rings. The number of aliphatic hydroxyl groups excluding tert-OH is 1. The SMILES string of the molecule is CCOC(=O)c1cc2cc(CC3(C(CCO)C(F)(F)F)C=NN=N3)ccn2c1C(C)C. The van der Waals surface area contributed by atoms with Gasteiger partial charge in [-0.3, -0.25) is 0 Å². The molecule has 2 aromatic heterocycles. The predicted molar refractivity (Wildman–Crippen MR) is 108 cm³/mol. The number of carbonyl (C=O) groups excluding carboxylic acids is 1. The van der Waals surface area contributed by atoms with Crippen LogP contribution in [0.15, 0.2) is 39.8 Å². The van der Waals surface area contributed by atoms with Crippen LogP contribution < -0.4 is 0 Å². The summed E-state index contributed by atoms with van der Waals surface area (Å²) in [5.41, 5.74) is 0.716. The maximum atomic E-state index is 13.7. The molecule has 0 radical (unpaired) electrons. The van der Waals surface area contributed by atoms with Gasteiger partial charge in [-0.25, -0.2) is 4.79 Å². The molecule has 31 heavy (non-hydrogen) atoms. The zero-order chi connectivity index (χ0) is 22.8. The standard InChI is InChI=1S/C21H25F3N4O3/c1-4-31-19(30)16-10-15-9-14(5-7-28(15)18(16)13(2)3)11-20(12-25-27-26-20)17(6-8-29)21(22,23)24/h5,7,9-10,12-13,17,29H,4,6,8,11H2,1-3H3. The number of rotatable bonds is 8. The number of hydrogen-bond donors (Lipinski definition) is 1. The number of ether oxygens (including phenoxy) is 1. The van der Waals surface area contributed by atoms with Crippen molar-refractivity contribution in [3.8, 4) is 0 Å². The van der Waals surface area contributed by atoms with E-state index in [4.69, 9.17) is 4.74 Å². The first-order valence-electron chi connectivity index (χ1n) is 10.1. The van der Waals surface area contributed by atoms with Gasteiger partial charge in [-0.2, -0.15) is 18.3 Å². The largest absolute Gasteiger partial charge is 0.462 e. The van der Waals surface area contributed by atoms with Gasteiger partial charge in [-0.1, -0.05) is 13.8 Å². The van der Waals surface area contributed by atoms with Gasteiger partial charge in [0.25, 0.3) is 0 Å². The lowest BCUT2D eigenvalue weighted by molar-refractivity contribution is -0.189. The summed E-state index contributed by atoms with van der Waals surface area (Å²) in [6.07, 6.45) is -2.36. The van der Waals surface area contributed by atoms with Crippen LogP contribution in [0.1, 0.15) is 54.7 Å². The fourth-order valence-electron chi connectivity index (χ4n) is 4.10. The van der Waals surface area contributed by atoms with Crippen molar-refractivity contribution in [2.24, 2.45) is 21.4 Å². The maximum Gasteiger partial charge on any atom is 0.394 e. The van der Waals surface area contributed by atoms with E-state index in [1.807, 2.05) is 18.2 Å². The summed E-state index contributed by atoms with van der Waals surface area (Å²) in [6.45, 7) is 5.23. The van der Waals surface area contributed by atoms with Crippen molar-refractivity contribution >= 4 is 17.7 Å². The Kier molecular flexibility index (Phi) is 6.49. The van der Waals surface area contributed by atoms with Gasteiger partial charge in [0.15, 0.2) is 0 Å². The van der Waals surface area contributed by atoms with Gasteiger partial charge < -0.3 is 14.2 Å². The minimum absolute atomic E-state index is 0.0222. The van der Waals surface area contributed by atoms with Crippen molar-refractivity contribution in [3.05, 3.63) is 41.2 Å². The van der Waals surface area contributed by atoms with Gasteiger partial charge in [0, 0.05) is 30.4 Å². The van der Waals surface area contributed by atoms with E-state index in [9.17, 15) is 23.1 Å². The minimum Gasteiger partial charge on any atom is -0.462 e. The highest BCUT2D eigenvalue weighted by atomic mass is 19.4. The molecule has 0 saturated carbocycles. The molecule has 0 spiro atoms. The van der Waals surface area contributed by atoms with Crippen molar-refractivity contribution in [1.29, 1.82) is 0 Å². The van der Waals surface area contributed by atoms with Crippen LogP contribution in [0.25, 0.3) is 5.52 Å². The molecule has 0 aliphatic carbocycles. The van der Waals surface area contributed by atoms with E-state index in [1.54, 1.807) is 31.3 Å². The molecule has 1 N–H and O–H groups in total. The summed E-state index contributed by atoms with van der Waals surface area (Å²) in [5, 5.41) is 20.0. The summed E-state index contributed by atoms with van der Waals surface area (Å²) in [4.78, 5) is 12.4. The fourth-order valence-corrected chi connectivity index (χ4v) is 4.10. The van der Waals surface area contributed by atoms with Crippen molar-refractivity contribution in [2.75, 3.05) is 13.2 Å². The molecule has 0 saturated heterocycles. The lowest BCUT2D eigenvalue weighted by atomic mass is 9.78. The average molecular weight is 438 g/mol. The summed E-state index contributed by atoms with van der Waals surface area (Å²) in [5.74, 6) is -2.34. The molecule has 7 nitrogen and oxygen atoms in total. The molecule has 168 valence electrons. The highest BCUT2D eigenvalue weighted by Gasteiger charge is 2.54. The molecule has 0 fully saturated rings. The first-order chi connectivity index (χ1) is 14.6. The highest BCUT2D eigenvalue weighted by Crippen LogP contribution is 2.42. The third kappa shape index (κ3) is 4.48. The summed E-state index contributed by atoms with van der Waals surface area (Å²) >= 11 is 0. The number of fused-ring (bicyclic) bond motifs is 1. The third-order valence-corrected chi connectivity index (χ3v) is 5.39. The van der Waals surface area contributed by atoms with Crippen LogP contribution in [0, 0.1) is 5.92 Å². The molecule has 0 bridgehead atoms. The van der Waals surface area contributed by atoms with E-state index in [1.165, 1.54) is 0 Å². The predicted octanol–water partition coefficient (Wildman–Crippen LogP) is 4.53. The molecular formula is C21H25F3N4O3. The van der Waals surface area contributed by atoms with Crippen LogP contribution in [0.4, 0.5) is 13.2 Å². The molecule has 2 atom stereocenters. The number of pyridine rings is 1. The molecule has 3 heterocycles. The number of aromatic nitrogens is 1. The first-order valence-corrected chi connectivity index (χ1v) is 10.1. The van der Waals surface area contributed by atoms with E-state index < -0.39 is 36.6 Å². The monoisotopic (exact) mass is 438 g/mol. The topological polar surface area (TPSA) is 88.0 Å². The molecule has 1 aliphatic heterocycles. The van der Waals surface area contributed by atoms with Gasteiger partial charge in [-0.05, 0) is 48.2 Å². The van der Waals surface area contributed by atoms with Crippen LogP contribution in [0.2, 0.25) is 0 Å². The van der Waals surface area contributed by atoms with Gasteiger partial charge in [0.05, 0.1) is 24.3 Å². The Morgan fingerprint density at radius 1 is 1.32 bits per heavy atom. The van der Waals surface area contributed by atoms with E-state index in [0.29, 0.717) is 16.6 Å². The van der Waals surface area contributed by atoms with E-state index in [0.717, 1.165) is 11.9 Å². The van der Waals surface area contributed by atoms with Crippen LogP contribution in [-0.4, -0.2) is 46.6 Å². The second-order valence-electron chi connectivity index (χ2n) is 7.86. The molecular weight excluding hydrogens is 413 g/mol. The van der Waals surface area contributed by atoms with Gasteiger partial charge in [0.2, 0.25) is 0 Å². The summed E-state index contributed by atoms with van der Waals surface area (Å²) < 4.78 is 48.2. The highest BCUT2D eigenvalue weighted by molar-refractivity contribution is 5.93. The maximum absolute atomic E-state index is 13.7. The quantitative estimate of drug-likeness (QED) is 0.614. The van der Waals surface area contributed by atoms with E-state index in [2.05, 4.69) is 15.4 Å². The Labute approximate surface area is 177 Å². The number of nitrogens with zero attached hydrogens (tertiary/aromatic N) is 4. The zero-order valence-corrected chi connectivity index (χ0v) is 17.6. The minimum atomic E-state index is -4.58. The molecule has 0 amide bonds. The van der Waals surface area contributed by atoms with Crippen LogP contribution in [0.5, 0.6) is 0 Å². The third-order valence-electron chi connectivity index (χ3n) is 5.39. The number of hydrogen-bond acceptors (Lipinski definition) is 6. The normalized spacial score (nSPS) is 19.5. The van der Waals surface area contributed by atoms with Crippen LogP contribution in [0.3, 0.4) is 0 Å². The van der Waals surface area contributed by atoms with Crippen molar-refractivity contribution in [1.82, 2.24) is 4.40 Å². The molecule has 3 rings (SSSR count). The second kappa shape index (κ2) is 8.78. The number of aliphatic hydroxyl groups is 1. The van der Waals surface area contributed by atoms with Crippen LogP contribution >= 0.6 is 0 Å². The number of carbonyl (C=O) groups is 1. The lowest BCUT2D eigenvalue weighted by Gasteiger charge is -2.32.